The zero-order valence-corrected chi connectivity index (χ0v) is 13.8. The summed E-state index contributed by atoms with van der Waals surface area (Å²) in [4.78, 5) is 23.9. The molecule has 0 bridgehead atoms. The maximum atomic E-state index is 12.1. The first kappa shape index (κ1) is 16.8. The third-order valence-corrected chi connectivity index (χ3v) is 3.96. The Morgan fingerprint density at radius 1 is 1.04 bits per heavy atom. The summed E-state index contributed by atoms with van der Waals surface area (Å²) < 4.78 is 5.59. The predicted molar refractivity (Wildman–Crippen MR) is 95.5 cm³/mol. The van der Waals surface area contributed by atoms with E-state index < -0.39 is 0 Å². The van der Waals surface area contributed by atoms with Crippen molar-refractivity contribution in [3.63, 3.8) is 0 Å². The number of ether oxygens (including phenoxy) is 1. The fourth-order valence-electron chi connectivity index (χ4n) is 2.74. The van der Waals surface area contributed by atoms with Crippen molar-refractivity contribution in [3.05, 3.63) is 60.2 Å². The summed E-state index contributed by atoms with van der Waals surface area (Å²) in [6.45, 7) is 0.856. The number of urea groups is 1. The zero-order valence-electron chi connectivity index (χ0n) is 13.8. The van der Waals surface area contributed by atoms with Crippen molar-refractivity contribution in [1.82, 2.24) is 10.6 Å². The second-order valence-corrected chi connectivity index (χ2v) is 5.79. The lowest BCUT2D eigenvalue weighted by Gasteiger charge is -2.26. The molecular formula is C19H21N3O3. The van der Waals surface area contributed by atoms with E-state index in [-0.39, 0.29) is 30.9 Å². The quantitative estimate of drug-likeness (QED) is 0.784. The number of fused-ring (bicyclic) bond motifs is 1. The van der Waals surface area contributed by atoms with Crippen LogP contribution in [-0.4, -0.2) is 25.1 Å². The van der Waals surface area contributed by atoms with Gasteiger partial charge in [0.15, 0.2) is 0 Å². The Bertz CT molecular complexity index is 734. The van der Waals surface area contributed by atoms with E-state index in [9.17, 15) is 9.59 Å². The molecule has 0 fully saturated rings. The summed E-state index contributed by atoms with van der Waals surface area (Å²) in [5.74, 6) is 0.723. The molecule has 0 radical (unpaired) electrons. The number of para-hydroxylation sites is 2. The molecule has 1 atom stereocenters. The third kappa shape index (κ3) is 4.73. The minimum Gasteiger partial charge on any atom is -0.493 e. The average Bonchev–Trinajstić information content (AvgIpc) is 2.63. The van der Waals surface area contributed by atoms with E-state index >= 15 is 0 Å². The van der Waals surface area contributed by atoms with Gasteiger partial charge in [0, 0.05) is 30.6 Å². The van der Waals surface area contributed by atoms with Crippen LogP contribution < -0.4 is 20.7 Å². The lowest BCUT2D eigenvalue weighted by molar-refractivity contribution is -0.121. The molecule has 3 rings (SSSR count). The van der Waals surface area contributed by atoms with Crippen LogP contribution in [0.1, 0.15) is 24.4 Å². The van der Waals surface area contributed by atoms with Gasteiger partial charge in [-0.05, 0) is 18.2 Å². The van der Waals surface area contributed by atoms with Crippen LogP contribution in [0.2, 0.25) is 0 Å². The number of anilines is 1. The highest BCUT2D eigenvalue weighted by atomic mass is 16.5. The minimum atomic E-state index is -0.324. The number of nitrogens with one attached hydrogen (secondary N) is 3. The van der Waals surface area contributed by atoms with Crippen LogP contribution in [0.4, 0.5) is 10.5 Å². The van der Waals surface area contributed by atoms with Gasteiger partial charge in [0.2, 0.25) is 5.91 Å². The monoisotopic (exact) mass is 339 g/mol. The molecule has 1 aliphatic rings. The van der Waals surface area contributed by atoms with Crippen molar-refractivity contribution in [1.29, 1.82) is 0 Å². The molecule has 130 valence electrons. The number of carbonyl (C=O) groups excluding carboxylic acids is 2. The van der Waals surface area contributed by atoms with Gasteiger partial charge in [-0.3, -0.25) is 4.79 Å². The van der Waals surface area contributed by atoms with Crippen molar-refractivity contribution in [3.8, 4) is 5.75 Å². The van der Waals surface area contributed by atoms with Crippen LogP contribution in [0.25, 0.3) is 0 Å². The van der Waals surface area contributed by atoms with E-state index in [2.05, 4.69) is 16.0 Å². The van der Waals surface area contributed by atoms with Crippen LogP contribution in [0.3, 0.4) is 0 Å². The van der Waals surface area contributed by atoms with Crippen molar-refractivity contribution in [2.24, 2.45) is 0 Å². The molecule has 2 aromatic rings. The Labute approximate surface area is 146 Å². The number of hydrogen-bond acceptors (Lipinski definition) is 3. The van der Waals surface area contributed by atoms with Crippen LogP contribution in [0.15, 0.2) is 54.6 Å². The van der Waals surface area contributed by atoms with Crippen LogP contribution >= 0.6 is 0 Å². The fraction of sp³-hybridized carbons (Fsp3) is 0.263. The number of carbonyl (C=O) groups is 2. The molecule has 0 aliphatic carbocycles. The lowest BCUT2D eigenvalue weighted by atomic mass is 10.0. The van der Waals surface area contributed by atoms with Crippen LogP contribution in [0, 0.1) is 0 Å². The summed E-state index contributed by atoms with van der Waals surface area (Å²) in [6, 6.07) is 16.5. The standard InChI is InChI=1S/C19H21N3O3/c23-18(10-12-20-19(24)21-14-6-2-1-3-7-14)22-16-11-13-25-17-9-5-4-8-15(16)17/h1-9,16H,10-13H2,(H,22,23)(H2,20,21,24)/t16-/m1/s1. The Morgan fingerprint density at radius 3 is 2.64 bits per heavy atom. The average molecular weight is 339 g/mol. The highest BCUT2D eigenvalue weighted by Gasteiger charge is 2.22. The second kappa shape index (κ2) is 8.19. The molecule has 0 aromatic heterocycles. The Morgan fingerprint density at radius 2 is 1.80 bits per heavy atom. The van der Waals surface area contributed by atoms with Gasteiger partial charge in [0.1, 0.15) is 5.75 Å². The Balaban J connectivity index is 1.42. The van der Waals surface area contributed by atoms with E-state index in [1.165, 1.54) is 0 Å². The lowest BCUT2D eigenvalue weighted by Crippen LogP contribution is -2.36. The summed E-state index contributed by atoms with van der Waals surface area (Å²) in [5, 5.41) is 8.40. The van der Waals surface area contributed by atoms with Gasteiger partial charge in [0.25, 0.3) is 0 Å². The van der Waals surface area contributed by atoms with Crippen LogP contribution in [0.5, 0.6) is 5.75 Å². The topological polar surface area (TPSA) is 79.5 Å². The number of amides is 3. The first-order valence-electron chi connectivity index (χ1n) is 8.33. The number of hydrogen-bond donors (Lipinski definition) is 3. The maximum Gasteiger partial charge on any atom is 0.319 e. The largest absolute Gasteiger partial charge is 0.493 e. The van der Waals surface area contributed by atoms with E-state index in [1.54, 1.807) is 12.1 Å². The van der Waals surface area contributed by atoms with E-state index in [1.807, 2.05) is 42.5 Å². The molecule has 1 aliphatic heterocycles. The van der Waals surface area contributed by atoms with Gasteiger partial charge >= 0.3 is 6.03 Å². The first-order valence-corrected chi connectivity index (χ1v) is 8.33. The second-order valence-electron chi connectivity index (χ2n) is 5.79. The molecule has 6 nitrogen and oxygen atoms in total. The first-order chi connectivity index (χ1) is 12.2. The molecule has 25 heavy (non-hydrogen) atoms. The molecule has 3 amide bonds. The van der Waals surface area contributed by atoms with Crippen molar-refractivity contribution < 1.29 is 14.3 Å². The minimum absolute atomic E-state index is 0.0457. The van der Waals surface area contributed by atoms with Gasteiger partial charge in [0.05, 0.1) is 12.6 Å². The molecule has 3 N–H and O–H groups in total. The highest BCUT2D eigenvalue weighted by Crippen LogP contribution is 2.31. The molecule has 2 aromatic carbocycles. The van der Waals surface area contributed by atoms with E-state index in [0.717, 1.165) is 17.7 Å². The van der Waals surface area contributed by atoms with Gasteiger partial charge in [-0.15, -0.1) is 0 Å². The number of rotatable bonds is 5. The normalized spacial score (nSPS) is 15.4. The predicted octanol–water partition coefficient (Wildman–Crippen LogP) is 2.84. The fourth-order valence-corrected chi connectivity index (χ4v) is 2.74. The van der Waals surface area contributed by atoms with E-state index in [0.29, 0.717) is 12.3 Å². The Hall–Kier alpha value is -3.02. The number of benzene rings is 2. The molecule has 0 saturated heterocycles. The van der Waals surface area contributed by atoms with Crippen molar-refractivity contribution in [2.45, 2.75) is 18.9 Å². The van der Waals surface area contributed by atoms with Gasteiger partial charge < -0.3 is 20.7 Å². The zero-order chi connectivity index (χ0) is 17.5. The van der Waals surface area contributed by atoms with E-state index in [4.69, 9.17) is 4.74 Å². The maximum absolute atomic E-state index is 12.1. The molecular weight excluding hydrogens is 318 g/mol. The van der Waals surface area contributed by atoms with Gasteiger partial charge in [-0.25, -0.2) is 4.79 Å². The third-order valence-electron chi connectivity index (χ3n) is 3.96. The SMILES string of the molecule is O=C(CCNC(=O)Nc1ccccc1)N[C@@H]1CCOc2ccccc21. The van der Waals surface area contributed by atoms with Crippen LogP contribution in [-0.2, 0) is 4.79 Å². The molecule has 1 heterocycles. The summed E-state index contributed by atoms with van der Waals surface area (Å²) in [5.41, 5.74) is 1.71. The summed E-state index contributed by atoms with van der Waals surface area (Å²) in [6.07, 6.45) is 0.965. The summed E-state index contributed by atoms with van der Waals surface area (Å²) in [7, 11) is 0. The molecule has 0 saturated carbocycles. The molecule has 6 heteroatoms. The van der Waals surface area contributed by atoms with Crippen molar-refractivity contribution in [2.75, 3.05) is 18.5 Å². The summed E-state index contributed by atoms with van der Waals surface area (Å²) >= 11 is 0. The van der Waals surface area contributed by atoms with Gasteiger partial charge in [-0.2, -0.15) is 0 Å². The van der Waals surface area contributed by atoms with Gasteiger partial charge in [-0.1, -0.05) is 36.4 Å². The highest BCUT2D eigenvalue weighted by molar-refractivity contribution is 5.89. The smallest absolute Gasteiger partial charge is 0.319 e. The van der Waals surface area contributed by atoms with Crippen molar-refractivity contribution >= 4 is 17.6 Å². The molecule has 0 spiro atoms. The molecule has 0 unspecified atom stereocenters. The Kier molecular flexibility index (Phi) is 5.51.